The topological polar surface area (TPSA) is 56.7 Å². The van der Waals surface area contributed by atoms with Crippen LogP contribution in [0.5, 0.6) is 0 Å². The monoisotopic (exact) mass is 298 g/mol. The van der Waals surface area contributed by atoms with E-state index in [2.05, 4.69) is 19.6 Å². The number of rotatable bonds is 4. The molecule has 0 unspecified atom stereocenters. The minimum Gasteiger partial charge on any atom is -0.343 e. The van der Waals surface area contributed by atoms with E-state index in [1.165, 1.54) is 12.5 Å². The molecule has 2 heterocycles. The van der Waals surface area contributed by atoms with Crippen molar-refractivity contribution in [3.05, 3.63) is 41.8 Å². The molecular formula is C12H9ClF2N4O. The minimum atomic E-state index is -0.704. The van der Waals surface area contributed by atoms with Crippen LogP contribution >= 0.6 is 11.6 Å². The highest BCUT2D eigenvalue weighted by molar-refractivity contribution is 6.16. The molecule has 0 fully saturated rings. The van der Waals surface area contributed by atoms with Crippen LogP contribution in [0.4, 0.5) is 8.78 Å². The SMILES string of the molecule is Fc1cc(F)c2nc(CCl)n(CCc3ncon3)c2c1. The summed E-state index contributed by atoms with van der Waals surface area (Å²) < 4.78 is 33.3. The summed E-state index contributed by atoms with van der Waals surface area (Å²) in [6, 6.07) is 2.04. The van der Waals surface area contributed by atoms with Gasteiger partial charge in [0.2, 0.25) is 6.39 Å². The van der Waals surface area contributed by atoms with Crippen LogP contribution in [0.1, 0.15) is 11.6 Å². The smallest absolute Gasteiger partial charge is 0.213 e. The Morgan fingerprint density at radius 2 is 2.15 bits per heavy atom. The number of benzene rings is 1. The second kappa shape index (κ2) is 5.16. The van der Waals surface area contributed by atoms with E-state index in [9.17, 15) is 8.78 Å². The van der Waals surface area contributed by atoms with Crippen molar-refractivity contribution < 1.29 is 13.3 Å². The van der Waals surface area contributed by atoms with Gasteiger partial charge in [0.15, 0.2) is 11.6 Å². The minimum absolute atomic E-state index is 0.0992. The molecule has 0 aliphatic rings. The molecule has 0 N–H and O–H groups in total. The van der Waals surface area contributed by atoms with Crippen LogP contribution in [0.25, 0.3) is 11.0 Å². The van der Waals surface area contributed by atoms with Crippen LogP contribution in [0.3, 0.4) is 0 Å². The van der Waals surface area contributed by atoms with Crippen molar-refractivity contribution in [2.45, 2.75) is 18.8 Å². The Hall–Kier alpha value is -2.02. The molecule has 104 valence electrons. The molecule has 0 radical (unpaired) electrons. The van der Waals surface area contributed by atoms with Gasteiger partial charge in [-0.1, -0.05) is 5.16 Å². The first kappa shape index (κ1) is 13.0. The predicted octanol–water partition coefficient (Wildman–Crippen LogP) is 2.68. The maximum atomic E-state index is 13.7. The van der Waals surface area contributed by atoms with Gasteiger partial charge >= 0.3 is 0 Å². The summed E-state index contributed by atoms with van der Waals surface area (Å²) in [6.07, 6.45) is 1.67. The average Bonchev–Trinajstić information content (AvgIpc) is 3.03. The lowest BCUT2D eigenvalue weighted by Gasteiger charge is -2.05. The third-order valence-corrected chi connectivity index (χ3v) is 3.18. The second-order valence-electron chi connectivity index (χ2n) is 4.17. The third kappa shape index (κ3) is 2.24. The van der Waals surface area contributed by atoms with Gasteiger partial charge in [0.1, 0.15) is 17.2 Å². The molecule has 0 bridgehead atoms. The molecule has 0 saturated heterocycles. The summed E-state index contributed by atoms with van der Waals surface area (Å²) in [7, 11) is 0. The van der Waals surface area contributed by atoms with E-state index in [4.69, 9.17) is 11.6 Å². The van der Waals surface area contributed by atoms with Crippen LogP contribution in [0, 0.1) is 11.6 Å². The van der Waals surface area contributed by atoms with Gasteiger partial charge in [0.25, 0.3) is 0 Å². The Kier molecular flexibility index (Phi) is 3.35. The lowest BCUT2D eigenvalue weighted by molar-refractivity contribution is 0.408. The summed E-state index contributed by atoms with van der Waals surface area (Å²) in [6.45, 7) is 0.404. The zero-order valence-electron chi connectivity index (χ0n) is 10.2. The molecule has 0 atom stereocenters. The average molecular weight is 299 g/mol. The number of aromatic nitrogens is 4. The molecule has 1 aromatic carbocycles. The molecule has 0 amide bonds. The van der Waals surface area contributed by atoms with Gasteiger partial charge in [-0.3, -0.25) is 0 Å². The highest BCUT2D eigenvalue weighted by Crippen LogP contribution is 2.22. The molecule has 0 spiro atoms. The number of fused-ring (bicyclic) bond motifs is 1. The highest BCUT2D eigenvalue weighted by Gasteiger charge is 2.15. The normalized spacial score (nSPS) is 11.3. The molecule has 20 heavy (non-hydrogen) atoms. The first-order chi connectivity index (χ1) is 9.69. The molecule has 3 aromatic rings. The lowest BCUT2D eigenvalue weighted by Crippen LogP contribution is -2.06. The quantitative estimate of drug-likeness (QED) is 0.695. The Bertz CT molecular complexity index is 742. The zero-order valence-corrected chi connectivity index (χ0v) is 10.9. The number of nitrogens with zero attached hydrogens (tertiary/aromatic N) is 4. The van der Waals surface area contributed by atoms with Gasteiger partial charge in [-0.15, -0.1) is 11.6 Å². The van der Waals surface area contributed by atoms with Gasteiger partial charge in [0, 0.05) is 19.0 Å². The number of hydrogen-bond acceptors (Lipinski definition) is 4. The number of alkyl halides is 1. The van der Waals surface area contributed by atoms with E-state index in [0.717, 1.165) is 6.07 Å². The van der Waals surface area contributed by atoms with Gasteiger partial charge in [-0.05, 0) is 6.07 Å². The molecule has 8 heteroatoms. The summed E-state index contributed by atoms with van der Waals surface area (Å²) in [5.74, 6) is -0.289. The maximum absolute atomic E-state index is 13.7. The summed E-state index contributed by atoms with van der Waals surface area (Å²) in [4.78, 5) is 7.99. The highest BCUT2D eigenvalue weighted by atomic mass is 35.5. The van der Waals surface area contributed by atoms with Crippen molar-refractivity contribution in [2.75, 3.05) is 0 Å². The van der Waals surface area contributed by atoms with E-state index in [-0.39, 0.29) is 11.4 Å². The van der Waals surface area contributed by atoms with Crippen molar-refractivity contribution in [3.63, 3.8) is 0 Å². The largest absolute Gasteiger partial charge is 0.343 e. The van der Waals surface area contributed by atoms with Gasteiger partial charge < -0.3 is 9.09 Å². The number of halogens is 3. The fourth-order valence-electron chi connectivity index (χ4n) is 2.06. The van der Waals surface area contributed by atoms with Gasteiger partial charge in [-0.25, -0.2) is 13.8 Å². The van der Waals surface area contributed by atoms with E-state index >= 15 is 0 Å². The summed E-state index contributed by atoms with van der Waals surface area (Å²) in [5, 5.41) is 3.69. The van der Waals surface area contributed by atoms with Crippen molar-refractivity contribution >= 4 is 22.6 Å². The standard InChI is InChI=1S/C12H9ClF2N4O/c13-5-11-17-12-8(15)3-7(14)4-9(12)19(11)2-1-10-16-6-20-18-10/h3-4,6H,1-2,5H2. The molecule has 0 aliphatic carbocycles. The molecular weight excluding hydrogens is 290 g/mol. The Morgan fingerprint density at radius 3 is 2.85 bits per heavy atom. The van der Waals surface area contributed by atoms with Crippen LogP contribution in [-0.2, 0) is 18.8 Å². The molecule has 3 rings (SSSR count). The van der Waals surface area contributed by atoms with Crippen molar-refractivity contribution in [3.8, 4) is 0 Å². The predicted molar refractivity (Wildman–Crippen MR) is 67.2 cm³/mol. The van der Waals surface area contributed by atoms with E-state index in [1.54, 1.807) is 4.57 Å². The number of aryl methyl sites for hydroxylation is 2. The van der Waals surface area contributed by atoms with Crippen LogP contribution in [0.2, 0.25) is 0 Å². The summed E-state index contributed by atoms with van der Waals surface area (Å²) >= 11 is 5.81. The Morgan fingerprint density at radius 1 is 1.30 bits per heavy atom. The van der Waals surface area contributed by atoms with E-state index in [0.29, 0.717) is 30.1 Å². The summed E-state index contributed by atoms with van der Waals surface area (Å²) in [5.41, 5.74) is 0.469. The zero-order chi connectivity index (χ0) is 14.1. The van der Waals surface area contributed by atoms with Gasteiger partial charge in [0.05, 0.1) is 11.4 Å². The number of imidazole rings is 1. The van der Waals surface area contributed by atoms with Crippen molar-refractivity contribution in [1.82, 2.24) is 19.7 Å². The van der Waals surface area contributed by atoms with Crippen LogP contribution < -0.4 is 0 Å². The third-order valence-electron chi connectivity index (χ3n) is 2.94. The van der Waals surface area contributed by atoms with Crippen molar-refractivity contribution in [2.24, 2.45) is 0 Å². The molecule has 5 nitrogen and oxygen atoms in total. The van der Waals surface area contributed by atoms with E-state index in [1.807, 2.05) is 0 Å². The van der Waals surface area contributed by atoms with Gasteiger partial charge in [-0.2, -0.15) is 4.98 Å². The molecule has 2 aromatic heterocycles. The Balaban J connectivity index is 2.03. The lowest BCUT2D eigenvalue weighted by atomic mass is 10.3. The van der Waals surface area contributed by atoms with Crippen molar-refractivity contribution in [1.29, 1.82) is 0 Å². The first-order valence-electron chi connectivity index (χ1n) is 5.84. The second-order valence-corrected chi connectivity index (χ2v) is 4.43. The molecule has 0 saturated carbocycles. The fraction of sp³-hybridized carbons (Fsp3) is 0.250. The van der Waals surface area contributed by atoms with E-state index < -0.39 is 11.6 Å². The Labute approximate surface area is 117 Å². The van der Waals surface area contributed by atoms with Crippen LogP contribution in [-0.4, -0.2) is 19.7 Å². The fourth-order valence-corrected chi connectivity index (χ4v) is 2.27. The maximum Gasteiger partial charge on any atom is 0.213 e. The first-order valence-corrected chi connectivity index (χ1v) is 6.38. The molecule has 0 aliphatic heterocycles. The number of hydrogen-bond donors (Lipinski definition) is 0. The van der Waals surface area contributed by atoms with Crippen LogP contribution in [0.15, 0.2) is 23.0 Å².